The van der Waals surface area contributed by atoms with Crippen molar-refractivity contribution in [2.45, 2.75) is 6.10 Å². The van der Waals surface area contributed by atoms with Gasteiger partial charge < -0.3 is 10.4 Å². The van der Waals surface area contributed by atoms with E-state index in [-0.39, 0.29) is 11.6 Å². The molecular weight excluding hydrogens is 272 g/mol. The Kier molecular flexibility index (Phi) is 4.35. The average molecular weight is 284 g/mol. The second kappa shape index (κ2) is 5.99. The molecule has 0 heterocycles. The van der Waals surface area contributed by atoms with Crippen LogP contribution in [0.2, 0.25) is 5.02 Å². The SMILES string of the molecule is OC(CNc1cc(F)cc(Cl)c1)c1cccc(F)c1. The Hall–Kier alpha value is -1.65. The van der Waals surface area contributed by atoms with Crippen LogP contribution in [0.5, 0.6) is 0 Å². The Morgan fingerprint density at radius 1 is 1.11 bits per heavy atom. The minimum Gasteiger partial charge on any atom is -0.387 e. The predicted molar refractivity (Wildman–Crippen MR) is 71.3 cm³/mol. The average Bonchev–Trinajstić information content (AvgIpc) is 2.35. The highest BCUT2D eigenvalue weighted by molar-refractivity contribution is 6.30. The molecule has 2 nitrogen and oxygen atoms in total. The Bertz CT molecular complexity index is 557. The van der Waals surface area contributed by atoms with Gasteiger partial charge in [-0.3, -0.25) is 0 Å². The van der Waals surface area contributed by atoms with E-state index in [0.29, 0.717) is 11.3 Å². The van der Waals surface area contributed by atoms with Gasteiger partial charge >= 0.3 is 0 Å². The molecule has 0 bridgehead atoms. The molecule has 0 radical (unpaired) electrons. The molecule has 1 atom stereocenters. The fraction of sp³-hybridized carbons (Fsp3) is 0.143. The van der Waals surface area contributed by atoms with Gasteiger partial charge in [-0.25, -0.2) is 8.78 Å². The monoisotopic (exact) mass is 283 g/mol. The van der Waals surface area contributed by atoms with Crippen molar-refractivity contribution in [1.29, 1.82) is 0 Å². The molecule has 0 aliphatic rings. The van der Waals surface area contributed by atoms with E-state index in [0.717, 1.165) is 0 Å². The summed E-state index contributed by atoms with van der Waals surface area (Å²) in [7, 11) is 0. The van der Waals surface area contributed by atoms with Crippen LogP contribution >= 0.6 is 11.6 Å². The van der Waals surface area contributed by atoms with Crippen molar-refractivity contribution in [3.05, 3.63) is 64.7 Å². The molecule has 19 heavy (non-hydrogen) atoms. The quantitative estimate of drug-likeness (QED) is 0.895. The van der Waals surface area contributed by atoms with Gasteiger partial charge in [0.05, 0.1) is 6.10 Å². The summed E-state index contributed by atoms with van der Waals surface area (Å²) < 4.78 is 26.1. The molecule has 0 amide bonds. The highest BCUT2D eigenvalue weighted by atomic mass is 35.5. The first-order valence-corrected chi connectivity index (χ1v) is 6.06. The highest BCUT2D eigenvalue weighted by Gasteiger charge is 2.08. The highest BCUT2D eigenvalue weighted by Crippen LogP contribution is 2.20. The van der Waals surface area contributed by atoms with E-state index >= 15 is 0 Å². The van der Waals surface area contributed by atoms with Crippen molar-refractivity contribution in [2.75, 3.05) is 11.9 Å². The maximum atomic E-state index is 13.1. The van der Waals surface area contributed by atoms with Crippen LogP contribution in [0.3, 0.4) is 0 Å². The number of hydrogen-bond donors (Lipinski definition) is 2. The molecule has 100 valence electrons. The molecule has 2 rings (SSSR count). The fourth-order valence-electron chi connectivity index (χ4n) is 1.70. The molecule has 2 N–H and O–H groups in total. The lowest BCUT2D eigenvalue weighted by atomic mass is 10.1. The third-order valence-electron chi connectivity index (χ3n) is 2.60. The van der Waals surface area contributed by atoms with Gasteiger partial charge in [-0.05, 0) is 35.9 Å². The Morgan fingerprint density at radius 2 is 1.89 bits per heavy atom. The van der Waals surface area contributed by atoms with E-state index in [4.69, 9.17) is 11.6 Å². The predicted octanol–water partition coefficient (Wildman–Crippen LogP) is 3.76. The number of benzene rings is 2. The molecule has 0 aliphatic heterocycles. The van der Waals surface area contributed by atoms with Crippen molar-refractivity contribution < 1.29 is 13.9 Å². The largest absolute Gasteiger partial charge is 0.387 e. The molecule has 2 aromatic carbocycles. The van der Waals surface area contributed by atoms with E-state index in [1.807, 2.05) is 0 Å². The molecule has 0 spiro atoms. The summed E-state index contributed by atoms with van der Waals surface area (Å²) >= 11 is 5.71. The number of nitrogens with one attached hydrogen (secondary N) is 1. The fourth-order valence-corrected chi connectivity index (χ4v) is 1.92. The zero-order valence-electron chi connectivity index (χ0n) is 9.91. The van der Waals surface area contributed by atoms with Gasteiger partial charge in [-0.1, -0.05) is 23.7 Å². The van der Waals surface area contributed by atoms with Crippen LogP contribution in [0.25, 0.3) is 0 Å². The normalized spacial score (nSPS) is 12.2. The number of rotatable bonds is 4. The summed E-state index contributed by atoms with van der Waals surface area (Å²) in [6.45, 7) is 0.128. The second-order valence-electron chi connectivity index (χ2n) is 4.11. The molecule has 0 aromatic heterocycles. The minimum atomic E-state index is -0.891. The van der Waals surface area contributed by atoms with Crippen LogP contribution in [0.15, 0.2) is 42.5 Å². The third kappa shape index (κ3) is 3.91. The lowest BCUT2D eigenvalue weighted by Crippen LogP contribution is -2.12. The first-order valence-electron chi connectivity index (χ1n) is 5.68. The minimum absolute atomic E-state index is 0.128. The lowest BCUT2D eigenvalue weighted by Gasteiger charge is -2.13. The standard InChI is InChI=1S/C14H12ClF2NO/c15-10-5-12(17)7-13(6-10)18-8-14(19)9-2-1-3-11(16)4-9/h1-7,14,18-19H,8H2. The van der Waals surface area contributed by atoms with Crippen molar-refractivity contribution in [2.24, 2.45) is 0 Å². The topological polar surface area (TPSA) is 32.3 Å². The van der Waals surface area contributed by atoms with Crippen LogP contribution in [0, 0.1) is 11.6 Å². The van der Waals surface area contributed by atoms with E-state index in [2.05, 4.69) is 5.32 Å². The number of aliphatic hydroxyl groups is 1. The summed E-state index contributed by atoms with van der Waals surface area (Å²) in [5, 5.41) is 13.0. The van der Waals surface area contributed by atoms with Gasteiger partial charge in [0.25, 0.3) is 0 Å². The van der Waals surface area contributed by atoms with Crippen molar-refractivity contribution in [1.82, 2.24) is 0 Å². The molecular formula is C14H12ClF2NO. The number of aliphatic hydroxyl groups excluding tert-OH is 1. The maximum Gasteiger partial charge on any atom is 0.126 e. The summed E-state index contributed by atoms with van der Waals surface area (Å²) in [5.41, 5.74) is 0.912. The summed E-state index contributed by atoms with van der Waals surface area (Å²) in [5.74, 6) is -0.874. The molecule has 0 aliphatic carbocycles. The van der Waals surface area contributed by atoms with E-state index in [1.54, 1.807) is 12.1 Å². The van der Waals surface area contributed by atoms with Crippen LogP contribution in [-0.2, 0) is 0 Å². The van der Waals surface area contributed by atoms with E-state index in [1.165, 1.54) is 30.3 Å². The molecule has 5 heteroatoms. The first-order chi connectivity index (χ1) is 9.04. The third-order valence-corrected chi connectivity index (χ3v) is 2.81. The van der Waals surface area contributed by atoms with Crippen molar-refractivity contribution in [3.63, 3.8) is 0 Å². The molecule has 0 saturated heterocycles. The van der Waals surface area contributed by atoms with Crippen molar-refractivity contribution in [3.8, 4) is 0 Å². The maximum absolute atomic E-state index is 13.1. The smallest absolute Gasteiger partial charge is 0.126 e. The molecule has 0 fully saturated rings. The van der Waals surface area contributed by atoms with Gasteiger partial charge in [-0.2, -0.15) is 0 Å². The summed E-state index contributed by atoms with van der Waals surface area (Å²) in [6.07, 6.45) is -0.891. The van der Waals surface area contributed by atoms with Crippen LogP contribution in [-0.4, -0.2) is 11.7 Å². The van der Waals surface area contributed by atoms with Gasteiger partial charge in [0, 0.05) is 17.3 Å². The summed E-state index contributed by atoms with van der Waals surface area (Å²) in [6, 6.07) is 9.70. The Labute approximate surface area is 114 Å². The van der Waals surface area contributed by atoms with Gasteiger partial charge in [-0.15, -0.1) is 0 Å². The van der Waals surface area contributed by atoms with Crippen LogP contribution in [0.4, 0.5) is 14.5 Å². The lowest BCUT2D eigenvalue weighted by molar-refractivity contribution is 0.191. The Balaban J connectivity index is 2.02. The van der Waals surface area contributed by atoms with Crippen LogP contribution < -0.4 is 5.32 Å². The van der Waals surface area contributed by atoms with Gasteiger partial charge in [0.15, 0.2) is 0 Å². The zero-order valence-corrected chi connectivity index (χ0v) is 10.7. The van der Waals surface area contributed by atoms with Crippen molar-refractivity contribution >= 4 is 17.3 Å². The van der Waals surface area contributed by atoms with E-state index in [9.17, 15) is 13.9 Å². The summed E-state index contributed by atoms with van der Waals surface area (Å²) in [4.78, 5) is 0. The zero-order chi connectivity index (χ0) is 13.8. The number of halogens is 3. The van der Waals surface area contributed by atoms with Crippen LogP contribution in [0.1, 0.15) is 11.7 Å². The van der Waals surface area contributed by atoms with Gasteiger partial charge in [0.1, 0.15) is 11.6 Å². The van der Waals surface area contributed by atoms with E-state index < -0.39 is 17.7 Å². The van der Waals surface area contributed by atoms with Gasteiger partial charge in [0.2, 0.25) is 0 Å². The Morgan fingerprint density at radius 3 is 2.58 bits per heavy atom. The number of hydrogen-bond acceptors (Lipinski definition) is 2. The molecule has 2 aromatic rings. The molecule has 1 unspecified atom stereocenters. The first kappa shape index (κ1) is 13.8. The number of anilines is 1. The second-order valence-corrected chi connectivity index (χ2v) is 4.55. The molecule has 0 saturated carbocycles.